The number of benzene rings is 1. The average Bonchev–Trinajstić information content (AvgIpc) is 2.74. The lowest BCUT2D eigenvalue weighted by Crippen LogP contribution is -1.99. The molecular weight excluding hydrogens is 238 g/mol. The lowest BCUT2D eigenvalue weighted by molar-refractivity contribution is 0.938. The summed E-state index contributed by atoms with van der Waals surface area (Å²) in [5.41, 5.74) is 7.68. The number of halogens is 1. The van der Waals surface area contributed by atoms with Gasteiger partial charge in [-0.3, -0.25) is 0 Å². The van der Waals surface area contributed by atoms with Gasteiger partial charge >= 0.3 is 0 Å². The maximum atomic E-state index is 5.87. The quantitative estimate of drug-likeness (QED) is 0.712. The lowest BCUT2D eigenvalue weighted by Gasteiger charge is -2.00. The molecule has 0 radical (unpaired) electrons. The monoisotopic (exact) mass is 245 g/mol. The summed E-state index contributed by atoms with van der Waals surface area (Å²) in [5, 5.41) is 12.5. The predicted molar refractivity (Wildman–Crippen MR) is 65.6 cm³/mol. The van der Waals surface area contributed by atoms with E-state index in [1.165, 1.54) is 0 Å². The standard InChI is InChI=1S/C11H8ClN5/c12-9-6-8(13)11-15-14-10(17(11)16-9)7-4-2-1-3-5-7/h1-6H,13H2. The van der Waals surface area contributed by atoms with Crippen molar-refractivity contribution in [1.82, 2.24) is 19.8 Å². The third-order valence-corrected chi connectivity index (χ3v) is 2.59. The summed E-state index contributed by atoms with van der Waals surface area (Å²) in [6.45, 7) is 0. The van der Waals surface area contributed by atoms with E-state index < -0.39 is 0 Å². The van der Waals surface area contributed by atoms with Gasteiger partial charge in [0.05, 0.1) is 5.69 Å². The molecular formula is C11H8ClN5. The number of hydrogen-bond acceptors (Lipinski definition) is 4. The van der Waals surface area contributed by atoms with Crippen LogP contribution in [0.5, 0.6) is 0 Å². The Bertz CT molecular complexity index is 677. The Balaban J connectivity index is 2.32. The summed E-state index contributed by atoms with van der Waals surface area (Å²) in [4.78, 5) is 0. The van der Waals surface area contributed by atoms with Crippen LogP contribution >= 0.6 is 11.6 Å². The molecule has 0 spiro atoms. The molecule has 0 aliphatic heterocycles. The second kappa shape index (κ2) is 3.71. The minimum Gasteiger partial charge on any atom is -0.396 e. The Morgan fingerprint density at radius 2 is 1.88 bits per heavy atom. The fourth-order valence-corrected chi connectivity index (χ4v) is 1.83. The zero-order chi connectivity index (χ0) is 11.8. The highest BCUT2D eigenvalue weighted by Gasteiger charge is 2.11. The molecule has 6 heteroatoms. The van der Waals surface area contributed by atoms with Crippen LogP contribution in [0.1, 0.15) is 0 Å². The molecule has 0 amide bonds. The molecule has 1 aromatic carbocycles. The van der Waals surface area contributed by atoms with Crippen LogP contribution in [0.4, 0.5) is 5.69 Å². The van der Waals surface area contributed by atoms with Crippen LogP contribution in [0.3, 0.4) is 0 Å². The summed E-state index contributed by atoms with van der Waals surface area (Å²) < 4.78 is 1.55. The summed E-state index contributed by atoms with van der Waals surface area (Å²) in [5.74, 6) is 0.620. The Morgan fingerprint density at radius 1 is 1.12 bits per heavy atom. The molecule has 84 valence electrons. The first-order valence-electron chi connectivity index (χ1n) is 4.98. The number of aromatic nitrogens is 4. The molecule has 0 aliphatic carbocycles. The van der Waals surface area contributed by atoms with Crippen molar-refractivity contribution in [3.8, 4) is 11.4 Å². The van der Waals surface area contributed by atoms with E-state index in [1.54, 1.807) is 10.6 Å². The number of nitrogens with zero attached hydrogens (tertiary/aromatic N) is 4. The van der Waals surface area contributed by atoms with E-state index in [4.69, 9.17) is 17.3 Å². The van der Waals surface area contributed by atoms with Crippen LogP contribution in [-0.2, 0) is 0 Å². The minimum atomic E-state index is 0.312. The van der Waals surface area contributed by atoms with Crippen molar-refractivity contribution in [3.05, 3.63) is 41.6 Å². The van der Waals surface area contributed by atoms with Gasteiger partial charge in [0.15, 0.2) is 11.0 Å². The number of nitrogen functional groups attached to an aromatic ring is 1. The summed E-state index contributed by atoms with van der Waals surface area (Å²) in [7, 11) is 0. The topological polar surface area (TPSA) is 69.1 Å². The highest BCUT2D eigenvalue weighted by molar-refractivity contribution is 6.29. The van der Waals surface area contributed by atoms with Crippen LogP contribution in [0.15, 0.2) is 36.4 Å². The van der Waals surface area contributed by atoms with Gasteiger partial charge in [0.25, 0.3) is 0 Å². The van der Waals surface area contributed by atoms with Gasteiger partial charge < -0.3 is 5.73 Å². The summed E-state index contributed by atoms with van der Waals surface area (Å²) in [6, 6.07) is 11.2. The zero-order valence-electron chi connectivity index (χ0n) is 8.71. The van der Waals surface area contributed by atoms with E-state index in [2.05, 4.69) is 15.3 Å². The molecule has 0 saturated carbocycles. The van der Waals surface area contributed by atoms with Gasteiger partial charge in [-0.25, -0.2) is 0 Å². The third kappa shape index (κ3) is 1.60. The lowest BCUT2D eigenvalue weighted by atomic mass is 10.2. The normalized spacial score (nSPS) is 10.9. The fourth-order valence-electron chi connectivity index (χ4n) is 1.64. The van der Waals surface area contributed by atoms with Crippen molar-refractivity contribution in [2.24, 2.45) is 0 Å². The van der Waals surface area contributed by atoms with E-state index in [-0.39, 0.29) is 0 Å². The second-order valence-corrected chi connectivity index (χ2v) is 3.93. The first-order chi connectivity index (χ1) is 8.25. The van der Waals surface area contributed by atoms with E-state index in [1.807, 2.05) is 30.3 Å². The van der Waals surface area contributed by atoms with Crippen LogP contribution in [0.2, 0.25) is 5.15 Å². The maximum absolute atomic E-state index is 5.87. The van der Waals surface area contributed by atoms with E-state index in [0.717, 1.165) is 5.56 Å². The van der Waals surface area contributed by atoms with Crippen LogP contribution in [-0.4, -0.2) is 19.8 Å². The van der Waals surface area contributed by atoms with E-state index in [0.29, 0.717) is 22.3 Å². The third-order valence-electron chi connectivity index (χ3n) is 2.40. The van der Waals surface area contributed by atoms with Gasteiger partial charge in [0.1, 0.15) is 0 Å². The van der Waals surface area contributed by atoms with Gasteiger partial charge in [-0.2, -0.15) is 9.61 Å². The largest absolute Gasteiger partial charge is 0.396 e. The van der Waals surface area contributed by atoms with Crippen molar-refractivity contribution >= 4 is 22.9 Å². The molecule has 0 atom stereocenters. The van der Waals surface area contributed by atoms with E-state index >= 15 is 0 Å². The molecule has 2 aromatic heterocycles. The Hall–Kier alpha value is -2.14. The number of fused-ring (bicyclic) bond motifs is 1. The van der Waals surface area contributed by atoms with Gasteiger partial charge in [-0.05, 0) is 0 Å². The molecule has 17 heavy (non-hydrogen) atoms. The van der Waals surface area contributed by atoms with Crippen molar-refractivity contribution in [2.75, 3.05) is 5.73 Å². The second-order valence-electron chi connectivity index (χ2n) is 3.55. The molecule has 0 unspecified atom stereocenters. The van der Waals surface area contributed by atoms with Crippen molar-refractivity contribution in [3.63, 3.8) is 0 Å². The number of rotatable bonds is 1. The fraction of sp³-hybridized carbons (Fsp3) is 0. The Kier molecular flexibility index (Phi) is 2.19. The van der Waals surface area contributed by atoms with Crippen molar-refractivity contribution in [2.45, 2.75) is 0 Å². The van der Waals surface area contributed by atoms with Gasteiger partial charge in [0, 0.05) is 11.6 Å². The summed E-state index contributed by atoms with van der Waals surface area (Å²) >= 11 is 5.87. The zero-order valence-corrected chi connectivity index (χ0v) is 9.46. The highest BCUT2D eigenvalue weighted by Crippen LogP contribution is 2.21. The molecule has 0 aliphatic rings. The molecule has 3 rings (SSSR count). The molecule has 5 nitrogen and oxygen atoms in total. The Labute approximate surface area is 102 Å². The SMILES string of the molecule is Nc1cc(Cl)nn2c(-c3ccccc3)nnc12. The summed E-state index contributed by atoms with van der Waals surface area (Å²) in [6.07, 6.45) is 0. The van der Waals surface area contributed by atoms with E-state index in [9.17, 15) is 0 Å². The average molecular weight is 246 g/mol. The number of nitrogens with two attached hydrogens (primary N) is 1. The number of hydrogen-bond donors (Lipinski definition) is 1. The molecule has 0 bridgehead atoms. The molecule has 2 heterocycles. The molecule has 0 fully saturated rings. The minimum absolute atomic E-state index is 0.312. The maximum Gasteiger partial charge on any atom is 0.201 e. The van der Waals surface area contributed by atoms with Crippen LogP contribution < -0.4 is 5.73 Å². The van der Waals surface area contributed by atoms with Crippen molar-refractivity contribution < 1.29 is 0 Å². The van der Waals surface area contributed by atoms with Gasteiger partial charge in [-0.1, -0.05) is 41.9 Å². The highest BCUT2D eigenvalue weighted by atomic mass is 35.5. The smallest absolute Gasteiger partial charge is 0.201 e. The predicted octanol–water partition coefficient (Wildman–Crippen LogP) is 2.03. The Morgan fingerprint density at radius 3 is 2.65 bits per heavy atom. The van der Waals surface area contributed by atoms with Crippen LogP contribution in [0, 0.1) is 0 Å². The van der Waals surface area contributed by atoms with Gasteiger partial charge in [0.2, 0.25) is 5.65 Å². The molecule has 0 saturated heterocycles. The first-order valence-corrected chi connectivity index (χ1v) is 5.36. The van der Waals surface area contributed by atoms with Crippen molar-refractivity contribution in [1.29, 1.82) is 0 Å². The van der Waals surface area contributed by atoms with Gasteiger partial charge in [-0.15, -0.1) is 10.2 Å². The number of anilines is 1. The molecule has 3 aromatic rings. The first kappa shape index (κ1) is 10.0. The van der Waals surface area contributed by atoms with Crippen LogP contribution in [0.25, 0.3) is 17.0 Å². The molecule has 2 N–H and O–H groups in total.